The lowest BCUT2D eigenvalue weighted by molar-refractivity contribution is -0.432. The van der Waals surface area contributed by atoms with E-state index in [0.717, 1.165) is 88.3 Å². The third-order valence-corrected chi connectivity index (χ3v) is 15.1. The highest BCUT2D eigenvalue weighted by atomic mass is 32.2. The summed E-state index contributed by atoms with van der Waals surface area (Å²) in [5.41, 5.74) is 3.66. The van der Waals surface area contributed by atoms with Gasteiger partial charge in [-0.3, -0.25) is 9.11 Å². The van der Waals surface area contributed by atoms with Gasteiger partial charge in [0.15, 0.2) is 13.1 Å². The predicted molar refractivity (Wildman–Crippen MR) is 249 cm³/mol. The van der Waals surface area contributed by atoms with Gasteiger partial charge >= 0.3 is 5.97 Å². The molecule has 334 valence electrons. The summed E-state index contributed by atoms with van der Waals surface area (Å²) in [6.07, 6.45) is 2.34. The lowest BCUT2D eigenvalue weighted by atomic mass is 9.80. The Morgan fingerprint density at radius 1 is 0.800 bits per heavy atom. The molecule has 0 spiro atoms. The van der Waals surface area contributed by atoms with Crippen LogP contribution in [0.1, 0.15) is 66.7 Å². The molecule has 0 saturated heterocycles. The van der Waals surface area contributed by atoms with Gasteiger partial charge in [0.2, 0.25) is 5.36 Å². The Bertz CT molecular complexity index is 3610. The number of benzene rings is 7. The maximum atomic E-state index is 12.3. The zero-order chi connectivity index (χ0) is 46.0. The van der Waals surface area contributed by atoms with Crippen molar-refractivity contribution in [2.45, 2.75) is 61.3 Å². The first-order valence-electron chi connectivity index (χ1n) is 20.8. The lowest BCUT2D eigenvalue weighted by Crippen LogP contribution is -2.30. The molecule has 0 radical (unpaired) electrons. The maximum Gasteiger partial charge on any atom is 0.335 e. The van der Waals surface area contributed by atoms with Crippen molar-refractivity contribution in [2.24, 2.45) is 0 Å². The van der Waals surface area contributed by atoms with Gasteiger partial charge in [0.05, 0.1) is 50.3 Å². The van der Waals surface area contributed by atoms with Crippen molar-refractivity contribution in [2.75, 3.05) is 30.3 Å². The fourth-order valence-electron chi connectivity index (χ4n) is 10.3. The number of aromatic carboxylic acids is 1. The van der Waals surface area contributed by atoms with Gasteiger partial charge in [-0.2, -0.15) is 16.8 Å². The van der Waals surface area contributed by atoms with Crippen molar-refractivity contribution in [3.63, 3.8) is 0 Å². The van der Waals surface area contributed by atoms with Gasteiger partial charge in [0.1, 0.15) is 11.5 Å². The van der Waals surface area contributed by atoms with Crippen molar-refractivity contribution in [3.05, 3.63) is 123 Å². The molecule has 7 aromatic rings. The van der Waals surface area contributed by atoms with Crippen LogP contribution in [-0.2, 0) is 47.0 Å². The summed E-state index contributed by atoms with van der Waals surface area (Å²) in [5.74, 6) is -0.0625. The normalized spacial score (nSPS) is 16.1. The Kier molecular flexibility index (Phi) is 10.1. The SMILES string of the molecule is CC1(C)CN(CCCS(=O)(=O)O)c2c1c1c(c3cc4ccc(S(=O)(=O)O)cc4cc23)C=c2c(c3c(c4cc5cc(SOOO)ccc5cc24)=[N+](Cc2ccc(C(=O)O)cc2)CC3(C)C)O1. The molecule has 3 heterocycles. The Morgan fingerprint density at radius 3 is 2.17 bits per heavy atom. The van der Waals surface area contributed by atoms with Crippen LogP contribution in [0, 0.1) is 0 Å². The third-order valence-electron chi connectivity index (χ3n) is 12.9. The molecular weight excluding hydrogens is 893 g/mol. The van der Waals surface area contributed by atoms with Crippen LogP contribution in [-0.4, -0.2) is 67.7 Å². The molecule has 3 aliphatic rings. The van der Waals surface area contributed by atoms with E-state index >= 15 is 0 Å². The summed E-state index contributed by atoms with van der Waals surface area (Å²) in [4.78, 5) is 14.3. The summed E-state index contributed by atoms with van der Waals surface area (Å²) >= 11 is 0.871. The van der Waals surface area contributed by atoms with Gasteiger partial charge in [-0.05, 0) is 119 Å². The Hall–Kier alpha value is -5.63. The molecule has 0 unspecified atom stereocenters. The van der Waals surface area contributed by atoms with E-state index in [1.165, 1.54) is 12.1 Å². The van der Waals surface area contributed by atoms with Crippen LogP contribution >= 0.6 is 12.0 Å². The summed E-state index contributed by atoms with van der Waals surface area (Å²) in [6, 6.07) is 25.3. The topological polar surface area (TPSA) is 200 Å². The summed E-state index contributed by atoms with van der Waals surface area (Å²) in [7, 11) is -8.74. The average Bonchev–Trinajstić information content (AvgIpc) is 3.67. The number of carboxylic acid groups (broad SMARTS) is 1. The first-order chi connectivity index (χ1) is 30.7. The molecular formula is C48H43N2O12S3+. The summed E-state index contributed by atoms with van der Waals surface area (Å²) < 4.78 is 82.6. The predicted octanol–water partition coefficient (Wildman–Crippen LogP) is 7.97. The number of fused-ring (bicyclic) bond motifs is 14. The van der Waals surface area contributed by atoms with Crippen LogP contribution in [0.2, 0.25) is 0 Å². The maximum absolute atomic E-state index is 12.3. The van der Waals surface area contributed by atoms with Crippen LogP contribution in [0.5, 0.6) is 11.5 Å². The van der Waals surface area contributed by atoms with Crippen molar-refractivity contribution >= 4 is 93.1 Å². The largest absolute Gasteiger partial charge is 0.478 e. The molecule has 7 aromatic carbocycles. The fourth-order valence-corrected chi connectivity index (χ4v) is 11.7. The molecule has 0 amide bonds. The molecule has 3 aliphatic heterocycles. The second-order valence-corrected chi connectivity index (χ2v) is 22.1. The number of rotatable bonds is 11. The zero-order valence-electron chi connectivity index (χ0n) is 35.6. The van der Waals surface area contributed by atoms with Crippen molar-refractivity contribution < 1.29 is 55.2 Å². The number of carbonyl (C=O) groups is 1. The summed E-state index contributed by atoms with van der Waals surface area (Å²) in [6.45, 7) is 10.5. The molecule has 4 N–H and O–H groups in total. The van der Waals surface area contributed by atoms with E-state index in [9.17, 15) is 35.8 Å². The number of nitrogens with zero attached hydrogens (tertiary/aromatic N) is 2. The highest BCUT2D eigenvalue weighted by Crippen LogP contribution is 2.55. The second kappa shape index (κ2) is 15.2. The average molecular weight is 936 g/mol. The van der Waals surface area contributed by atoms with Gasteiger partial charge in [-0.15, -0.1) is 4.33 Å². The second-order valence-electron chi connectivity index (χ2n) is 18.4. The van der Waals surface area contributed by atoms with E-state index in [1.807, 2.05) is 42.5 Å². The van der Waals surface area contributed by atoms with E-state index in [2.05, 4.69) is 60.4 Å². The molecule has 17 heteroatoms. The van der Waals surface area contributed by atoms with E-state index in [4.69, 9.17) is 14.3 Å². The standard InChI is InChI=1S/C48H42N2O12S3/c1-47(2)24-49(14-5-15-64(54,55)56)42-36-21-31-17-33(65(57,58)59)13-11-29(31)19-34(36)38-22-39-35-18-28-10-12-32(63-62-61-53)16-30(28)20-37(35)43-41(45(39)60-44(38)40(42)47)48(3,4)25-50(43)23-26-6-8-27(9-7-26)46(51)52/h6-13,16-22H,5,14-15,23-25H2,1-4H3,(H3-,51,52,53,54,55,56,57,58,59)/p+1. The molecule has 0 saturated carbocycles. The molecule has 0 aliphatic carbocycles. The molecule has 65 heavy (non-hydrogen) atoms. The van der Waals surface area contributed by atoms with Crippen molar-refractivity contribution in [3.8, 4) is 11.5 Å². The molecule has 0 bridgehead atoms. The van der Waals surface area contributed by atoms with E-state index < -0.39 is 42.8 Å². The minimum Gasteiger partial charge on any atom is -0.478 e. The smallest absolute Gasteiger partial charge is 0.335 e. The quantitative estimate of drug-likeness (QED) is 0.0243. The monoisotopic (exact) mass is 935 g/mol. The highest BCUT2D eigenvalue weighted by molar-refractivity contribution is 7.94. The minimum absolute atomic E-state index is 0.155. The molecule has 0 aromatic heterocycles. The van der Waals surface area contributed by atoms with Crippen LogP contribution in [0.3, 0.4) is 0 Å². The van der Waals surface area contributed by atoms with E-state index in [0.29, 0.717) is 48.0 Å². The lowest BCUT2D eigenvalue weighted by Gasteiger charge is -2.28. The van der Waals surface area contributed by atoms with E-state index in [-0.39, 0.29) is 16.9 Å². The third kappa shape index (κ3) is 7.49. The Balaban J connectivity index is 1.30. The fraction of sp³-hybridized carbons (Fsp3) is 0.250. The van der Waals surface area contributed by atoms with Crippen LogP contribution < -0.4 is 24.8 Å². The number of carboxylic acids is 1. The van der Waals surface area contributed by atoms with Gasteiger partial charge in [-0.25, -0.2) is 14.6 Å². The molecule has 10 rings (SSSR count). The van der Waals surface area contributed by atoms with Crippen LogP contribution in [0.15, 0.2) is 94.7 Å². The Labute approximate surface area is 377 Å². The molecule has 14 nitrogen and oxygen atoms in total. The number of hydrogen-bond acceptors (Lipinski definition) is 11. The minimum atomic E-state index is -4.51. The van der Waals surface area contributed by atoms with Crippen molar-refractivity contribution in [1.82, 2.24) is 4.58 Å². The first kappa shape index (κ1) is 43.3. The molecule has 0 atom stereocenters. The van der Waals surface area contributed by atoms with Gasteiger partial charge < -0.3 is 14.7 Å². The zero-order valence-corrected chi connectivity index (χ0v) is 38.0. The van der Waals surface area contributed by atoms with Crippen LogP contribution in [0.4, 0.5) is 5.69 Å². The van der Waals surface area contributed by atoms with Crippen LogP contribution in [0.25, 0.3) is 49.2 Å². The molecule has 0 fully saturated rings. The van der Waals surface area contributed by atoms with E-state index in [1.54, 1.807) is 18.2 Å². The number of ether oxygens (including phenoxy) is 1. The van der Waals surface area contributed by atoms with Gasteiger partial charge in [0.25, 0.3) is 20.2 Å². The Morgan fingerprint density at radius 2 is 1.48 bits per heavy atom. The highest BCUT2D eigenvalue weighted by Gasteiger charge is 2.45. The van der Waals surface area contributed by atoms with Gasteiger partial charge in [0, 0.05) is 50.7 Å². The first-order valence-corrected chi connectivity index (χ1v) is 24.6. The van der Waals surface area contributed by atoms with Crippen molar-refractivity contribution in [1.29, 1.82) is 0 Å². The number of anilines is 1. The van der Waals surface area contributed by atoms with Gasteiger partial charge in [-0.1, -0.05) is 43.2 Å². The number of hydrogen-bond donors (Lipinski definition) is 4. The summed E-state index contributed by atoms with van der Waals surface area (Å²) in [5, 5.41) is 30.8.